The summed E-state index contributed by atoms with van der Waals surface area (Å²) in [5.74, 6) is -0.425. The largest absolute Gasteiger partial charge is 0.271 e. The molecule has 0 aromatic heterocycles. The molecule has 1 aliphatic heterocycles. The summed E-state index contributed by atoms with van der Waals surface area (Å²) in [7, 11) is 0. The van der Waals surface area contributed by atoms with Crippen LogP contribution in [-0.2, 0) is 9.59 Å². The van der Waals surface area contributed by atoms with Gasteiger partial charge in [-0.15, -0.1) is 0 Å². The number of imide groups is 1. The molecule has 0 bridgehead atoms. The van der Waals surface area contributed by atoms with Gasteiger partial charge in [-0.3, -0.25) is 14.5 Å². The number of rotatable bonds is 5. The van der Waals surface area contributed by atoms with E-state index in [1.165, 1.54) is 0 Å². The third-order valence-electron chi connectivity index (χ3n) is 10.5. The molecule has 0 N–H and O–H groups in total. The minimum atomic E-state index is -0.212. The van der Waals surface area contributed by atoms with Crippen LogP contribution in [0.2, 0.25) is 0 Å². The Balaban J connectivity index is 1.46. The van der Waals surface area contributed by atoms with E-state index in [9.17, 15) is 9.59 Å². The summed E-state index contributed by atoms with van der Waals surface area (Å²) in [4.78, 5) is 31.5. The first-order chi connectivity index (χ1) is 23.6. The van der Waals surface area contributed by atoms with Crippen LogP contribution in [0, 0.1) is 0 Å². The van der Waals surface area contributed by atoms with Crippen molar-refractivity contribution in [3.63, 3.8) is 0 Å². The molecule has 0 atom stereocenters. The predicted molar refractivity (Wildman–Crippen MR) is 201 cm³/mol. The van der Waals surface area contributed by atoms with Crippen LogP contribution in [0.4, 0.5) is 0 Å². The van der Waals surface area contributed by atoms with E-state index >= 15 is 0 Å². The summed E-state index contributed by atoms with van der Waals surface area (Å²) in [6.45, 7) is 4.11. The quantitative estimate of drug-likeness (QED) is 0.142. The van der Waals surface area contributed by atoms with Gasteiger partial charge in [0, 0.05) is 6.04 Å². The number of amides is 2. The van der Waals surface area contributed by atoms with Crippen molar-refractivity contribution in [2.24, 2.45) is 0 Å². The maximum absolute atomic E-state index is 15.0. The molecule has 0 saturated carbocycles. The average molecular weight is 620 g/mol. The summed E-state index contributed by atoms with van der Waals surface area (Å²) in [5, 5.41) is 13.0. The van der Waals surface area contributed by atoms with E-state index in [2.05, 4.69) is 135 Å². The van der Waals surface area contributed by atoms with E-state index in [4.69, 9.17) is 0 Å². The van der Waals surface area contributed by atoms with Crippen molar-refractivity contribution < 1.29 is 9.59 Å². The van der Waals surface area contributed by atoms with Gasteiger partial charge in [0.2, 0.25) is 0 Å². The Morgan fingerprint density at radius 1 is 0.417 bits per heavy atom. The van der Waals surface area contributed by atoms with Crippen LogP contribution in [0.1, 0.15) is 37.8 Å². The van der Waals surface area contributed by atoms with Gasteiger partial charge in [0.25, 0.3) is 11.8 Å². The van der Waals surface area contributed by atoms with Crippen LogP contribution in [-0.4, -0.2) is 22.8 Å². The monoisotopic (exact) mass is 619 g/mol. The number of benzene rings is 8. The molecule has 3 nitrogen and oxygen atoms in total. The molecule has 48 heavy (non-hydrogen) atoms. The Morgan fingerprint density at radius 2 is 0.771 bits per heavy atom. The van der Waals surface area contributed by atoms with Crippen molar-refractivity contribution in [3.05, 3.63) is 145 Å². The fourth-order valence-corrected chi connectivity index (χ4v) is 8.17. The molecule has 1 heterocycles. The lowest BCUT2D eigenvalue weighted by atomic mass is 9.86. The summed E-state index contributed by atoms with van der Waals surface area (Å²) in [5.41, 5.74) is 2.59. The van der Waals surface area contributed by atoms with Crippen molar-refractivity contribution >= 4 is 87.6 Å². The standard InChI is InChI=1S/C45H33NO2/c1-3-29(4-2)46-44(47)42(40-25-38-30-15-7-5-13-27(30)21-23-36(38)32-17-9-11-19-34(32)40)43(45(46)48)41-26-39-31-16-8-6-14-28(31)22-24-37(39)33-18-10-12-20-35(33)41/h5-26,29H,3-4H2,1-2H3. The minimum Gasteiger partial charge on any atom is -0.271 e. The third kappa shape index (κ3) is 4.00. The van der Waals surface area contributed by atoms with E-state index in [-0.39, 0.29) is 17.9 Å². The molecule has 2 amide bonds. The highest BCUT2D eigenvalue weighted by Crippen LogP contribution is 2.46. The van der Waals surface area contributed by atoms with Crippen molar-refractivity contribution in [2.75, 3.05) is 0 Å². The maximum Gasteiger partial charge on any atom is 0.262 e. The van der Waals surface area contributed by atoms with Gasteiger partial charge in [0.1, 0.15) is 0 Å². The average Bonchev–Trinajstić information content (AvgIpc) is 3.39. The number of carbonyl (C=O) groups is 2. The zero-order valence-corrected chi connectivity index (χ0v) is 27.0. The van der Waals surface area contributed by atoms with Crippen molar-refractivity contribution in [2.45, 2.75) is 32.7 Å². The first-order valence-corrected chi connectivity index (χ1v) is 16.9. The second-order valence-corrected chi connectivity index (χ2v) is 12.9. The Morgan fingerprint density at radius 3 is 1.19 bits per heavy atom. The molecule has 0 radical (unpaired) electrons. The number of fused-ring (bicyclic) bond motifs is 10. The van der Waals surface area contributed by atoms with Gasteiger partial charge in [0.05, 0.1) is 11.1 Å². The number of carbonyl (C=O) groups excluding carboxylic acids is 2. The minimum absolute atomic E-state index is 0.197. The van der Waals surface area contributed by atoms with Crippen LogP contribution in [0.25, 0.3) is 75.8 Å². The fourth-order valence-electron chi connectivity index (χ4n) is 8.17. The summed E-state index contributed by atoms with van der Waals surface area (Å²) < 4.78 is 0. The van der Waals surface area contributed by atoms with Gasteiger partial charge in [-0.1, -0.05) is 135 Å². The topological polar surface area (TPSA) is 37.4 Å². The highest BCUT2D eigenvalue weighted by molar-refractivity contribution is 6.51. The van der Waals surface area contributed by atoms with Crippen LogP contribution in [0.3, 0.4) is 0 Å². The smallest absolute Gasteiger partial charge is 0.262 e. The molecule has 8 aromatic carbocycles. The molecule has 8 aromatic rings. The van der Waals surface area contributed by atoms with Crippen molar-refractivity contribution in [1.82, 2.24) is 4.90 Å². The van der Waals surface area contributed by atoms with Gasteiger partial charge in [-0.05, 0) is 101 Å². The molecular formula is C45H33NO2. The molecule has 9 rings (SSSR count). The lowest BCUT2D eigenvalue weighted by Crippen LogP contribution is -2.40. The van der Waals surface area contributed by atoms with Crippen LogP contribution >= 0.6 is 0 Å². The first kappa shape index (κ1) is 28.4. The van der Waals surface area contributed by atoms with Crippen molar-refractivity contribution in [3.8, 4) is 0 Å². The Kier molecular flexibility index (Phi) is 6.45. The van der Waals surface area contributed by atoms with E-state index in [0.717, 1.165) is 75.8 Å². The van der Waals surface area contributed by atoms with Crippen LogP contribution in [0.5, 0.6) is 0 Å². The highest BCUT2D eigenvalue weighted by atomic mass is 16.2. The lowest BCUT2D eigenvalue weighted by Gasteiger charge is -2.25. The molecule has 3 heteroatoms. The number of hydrogen-bond donors (Lipinski definition) is 0. The third-order valence-corrected chi connectivity index (χ3v) is 10.5. The Hall–Kier alpha value is -5.80. The van der Waals surface area contributed by atoms with Crippen LogP contribution in [0.15, 0.2) is 133 Å². The number of nitrogens with zero attached hydrogens (tertiary/aromatic N) is 1. The Bertz CT molecular complexity index is 2520. The zero-order valence-electron chi connectivity index (χ0n) is 27.0. The molecule has 0 aliphatic carbocycles. The summed E-state index contributed by atoms with van der Waals surface area (Å²) >= 11 is 0. The van der Waals surface area contributed by atoms with E-state index < -0.39 is 0 Å². The summed E-state index contributed by atoms with van der Waals surface area (Å²) in [6.07, 6.45) is 1.39. The van der Waals surface area contributed by atoms with E-state index in [1.54, 1.807) is 4.90 Å². The normalized spacial score (nSPS) is 13.9. The molecule has 0 unspecified atom stereocenters. The number of hydrogen-bond acceptors (Lipinski definition) is 2. The summed E-state index contributed by atoms with van der Waals surface area (Å²) in [6, 6.07) is 46.2. The molecule has 0 spiro atoms. The lowest BCUT2D eigenvalue weighted by molar-refractivity contribution is -0.138. The Labute approximate surface area is 278 Å². The zero-order chi connectivity index (χ0) is 32.5. The van der Waals surface area contributed by atoms with Gasteiger partial charge in [0.15, 0.2) is 0 Å². The van der Waals surface area contributed by atoms with Gasteiger partial charge < -0.3 is 0 Å². The van der Waals surface area contributed by atoms with E-state index in [0.29, 0.717) is 24.0 Å². The van der Waals surface area contributed by atoms with Gasteiger partial charge in [-0.2, -0.15) is 0 Å². The van der Waals surface area contributed by atoms with Gasteiger partial charge >= 0.3 is 0 Å². The van der Waals surface area contributed by atoms with Gasteiger partial charge in [-0.25, -0.2) is 0 Å². The molecule has 0 saturated heterocycles. The molecule has 230 valence electrons. The highest BCUT2D eigenvalue weighted by Gasteiger charge is 2.43. The van der Waals surface area contributed by atoms with Crippen LogP contribution < -0.4 is 0 Å². The molecule has 0 fully saturated rings. The second-order valence-electron chi connectivity index (χ2n) is 12.9. The maximum atomic E-state index is 15.0. The van der Waals surface area contributed by atoms with E-state index in [1.807, 2.05) is 12.1 Å². The first-order valence-electron chi connectivity index (χ1n) is 16.9. The SMILES string of the molecule is CCC(CC)N1C(=O)C(c2cc3c4ccccc4ccc3c3ccccc23)=C(c2cc3c4ccccc4ccc3c3ccccc23)C1=O. The second kappa shape index (κ2) is 10.9. The molecule has 1 aliphatic rings. The van der Waals surface area contributed by atoms with Crippen molar-refractivity contribution in [1.29, 1.82) is 0 Å². The fraction of sp³-hybridized carbons (Fsp3) is 0.111. The molecular weight excluding hydrogens is 587 g/mol. The predicted octanol–water partition coefficient (Wildman–Crippen LogP) is 11.1.